The standard InChI is InChI=1S/C27H41N11O11/c39-16-3-6-28-17(40)14-37-26(49)27(4-1-2-5-27)38-25(48)15-36-24(47)13-35-23(46)12-34-22(45)11-33-21(44)10-32-20(43)9-31-19(42)8-30-18(41)7-29-16/h1-15H2,(H,28,40)(H,29,39)(H,30,41)(H,31,42)(H,32,43)(H,33,44)(H,34,45)(H,35,46)(H,36,47)(H,37,49)(H,38,48). The van der Waals surface area contributed by atoms with Crippen molar-refractivity contribution in [2.45, 2.75) is 37.6 Å². The second-order valence-corrected chi connectivity index (χ2v) is 10.8. The highest BCUT2D eigenvalue weighted by Crippen LogP contribution is 2.29. The van der Waals surface area contributed by atoms with Crippen molar-refractivity contribution in [3.63, 3.8) is 0 Å². The maximum atomic E-state index is 13.0. The minimum absolute atomic E-state index is 0.120. The summed E-state index contributed by atoms with van der Waals surface area (Å²) in [5.41, 5.74) is -1.31. The molecule has 22 heteroatoms. The monoisotopic (exact) mass is 695 g/mol. The van der Waals surface area contributed by atoms with Crippen LogP contribution in [-0.4, -0.2) is 136 Å². The van der Waals surface area contributed by atoms with Gasteiger partial charge in [-0.1, -0.05) is 12.8 Å². The third-order valence-electron chi connectivity index (χ3n) is 6.92. The Balaban J connectivity index is 1.93. The van der Waals surface area contributed by atoms with Gasteiger partial charge in [0, 0.05) is 13.0 Å². The zero-order valence-corrected chi connectivity index (χ0v) is 26.6. The van der Waals surface area contributed by atoms with Crippen LogP contribution in [0.5, 0.6) is 0 Å². The van der Waals surface area contributed by atoms with Gasteiger partial charge >= 0.3 is 0 Å². The number of nitrogens with one attached hydrogen (secondary N) is 11. The van der Waals surface area contributed by atoms with Gasteiger partial charge in [-0.05, 0) is 12.8 Å². The summed E-state index contributed by atoms with van der Waals surface area (Å²) in [6.45, 7) is -4.76. The minimum atomic E-state index is -1.31. The van der Waals surface area contributed by atoms with Gasteiger partial charge in [-0.25, -0.2) is 0 Å². The summed E-state index contributed by atoms with van der Waals surface area (Å²) in [4.78, 5) is 133. The predicted molar refractivity (Wildman–Crippen MR) is 164 cm³/mol. The first-order valence-corrected chi connectivity index (χ1v) is 15.3. The summed E-state index contributed by atoms with van der Waals surface area (Å²) in [7, 11) is 0. The number of rotatable bonds is 0. The molecule has 2 fully saturated rings. The molecular formula is C27H41N11O11. The molecule has 11 N–H and O–H groups in total. The second-order valence-electron chi connectivity index (χ2n) is 10.8. The molecule has 1 saturated heterocycles. The number of carbonyl (C=O) groups is 11. The molecule has 1 spiro atoms. The fraction of sp³-hybridized carbons (Fsp3) is 0.593. The van der Waals surface area contributed by atoms with E-state index >= 15 is 0 Å². The molecule has 0 aromatic heterocycles. The van der Waals surface area contributed by atoms with Gasteiger partial charge in [-0.3, -0.25) is 52.7 Å². The van der Waals surface area contributed by atoms with Crippen molar-refractivity contribution in [1.82, 2.24) is 58.5 Å². The summed E-state index contributed by atoms with van der Waals surface area (Å²) >= 11 is 0. The van der Waals surface area contributed by atoms with Crippen LogP contribution in [-0.2, 0) is 52.7 Å². The second kappa shape index (κ2) is 20.4. The van der Waals surface area contributed by atoms with E-state index in [9.17, 15) is 52.7 Å². The molecular weight excluding hydrogens is 654 g/mol. The molecule has 1 aliphatic carbocycles. The van der Waals surface area contributed by atoms with E-state index in [1.54, 1.807) is 0 Å². The molecule has 0 bridgehead atoms. The van der Waals surface area contributed by atoms with E-state index in [0.717, 1.165) is 0 Å². The van der Waals surface area contributed by atoms with Crippen LogP contribution >= 0.6 is 0 Å². The smallest absolute Gasteiger partial charge is 0.246 e. The Kier molecular flexibility index (Phi) is 16.4. The highest BCUT2D eigenvalue weighted by molar-refractivity contribution is 5.96. The van der Waals surface area contributed by atoms with E-state index in [4.69, 9.17) is 0 Å². The van der Waals surface area contributed by atoms with Crippen LogP contribution < -0.4 is 58.5 Å². The molecule has 0 radical (unpaired) electrons. The lowest BCUT2D eigenvalue weighted by atomic mass is 9.96. The Labute approximate surface area is 279 Å². The Morgan fingerprint density at radius 2 is 0.612 bits per heavy atom. The van der Waals surface area contributed by atoms with Crippen molar-refractivity contribution in [2.75, 3.05) is 65.4 Å². The summed E-state index contributed by atoms with van der Waals surface area (Å²) in [6.07, 6.45) is 1.63. The van der Waals surface area contributed by atoms with Crippen molar-refractivity contribution < 1.29 is 52.7 Å². The molecule has 1 saturated carbocycles. The molecule has 0 unspecified atom stereocenters. The first-order chi connectivity index (χ1) is 23.3. The molecule has 0 aromatic carbocycles. The van der Waals surface area contributed by atoms with Crippen LogP contribution in [0.25, 0.3) is 0 Å². The molecule has 2 rings (SSSR count). The first kappa shape index (κ1) is 39.3. The average Bonchev–Trinajstić information content (AvgIpc) is 3.55. The van der Waals surface area contributed by atoms with Gasteiger partial charge in [0.15, 0.2) is 0 Å². The SMILES string of the molecule is O=C1CCNC(=O)CNC(=O)C2(CCCC2)NC(=O)CNC(=O)CNC(=O)CNC(=O)CNC(=O)CNC(=O)CNC(=O)CNC(=O)CN1. The summed E-state index contributed by atoms with van der Waals surface area (Å²) in [6, 6.07) is 0. The molecule has 11 amide bonds. The van der Waals surface area contributed by atoms with Crippen molar-refractivity contribution in [2.24, 2.45) is 0 Å². The summed E-state index contributed by atoms with van der Waals surface area (Å²) in [5, 5.41) is 25.4. The molecule has 22 nitrogen and oxygen atoms in total. The molecule has 1 heterocycles. The largest absolute Gasteiger partial charge is 0.354 e. The number of hydrogen-bond donors (Lipinski definition) is 11. The third-order valence-corrected chi connectivity index (χ3v) is 6.92. The van der Waals surface area contributed by atoms with E-state index in [0.29, 0.717) is 25.7 Å². The van der Waals surface area contributed by atoms with Gasteiger partial charge < -0.3 is 58.5 Å². The normalized spacial score (nSPS) is 21.4. The van der Waals surface area contributed by atoms with E-state index in [2.05, 4.69) is 58.5 Å². The maximum absolute atomic E-state index is 13.0. The Hall–Kier alpha value is -5.83. The average molecular weight is 696 g/mol. The summed E-state index contributed by atoms with van der Waals surface area (Å²) in [5.74, 6) is -7.71. The zero-order chi connectivity index (χ0) is 36.2. The van der Waals surface area contributed by atoms with Gasteiger partial charge in [0.1, 0.15) is 5.54 Å². The highest BCUT2D eigenvalue weighted by atomic mass is 16.2. The van der Waals surface area contributed by atoms with Gasteiger partial charge in [0.05, 0.1) is 58.9 Å². The van der Waals surface area contributed by atoms with Gasteiger partial charge in [-0.15, -0.1) is 0 Å². The number of amides is 11. The van der Waals surface area contributed by atoms with Gasteiger partial charge in [0.2, 0.25) is 65.0 Å². The molecule has 1 aliphatic heterocycles. The summed E-state index contributed by atoms with van der Waals surface area (Å²) < 4.78 is 0. The lowest BCUT2D eigenvalue weighted by Gasteiger charge is -2.29. The van der Waals surface area contributed by atoms with E-state index < -0.39 is 129 Å². The highest BCUT2D eigenvalue weighted by Gasteiger charge is 2.42. The van der Waals surface area contributed by atoms with Crippen LogP contribution in [0.4, 0.5) is 0 Å². The Morgan fingerprint density at radius 3 is 0.980 bits per heavy atom. The molecule has 2 aliphatic rings. The van der Waals surface area contributed by atoms with E-state index in [1.807, 2.05) is 0 Å². The van der Waals surface area contributed by atoms with E-state index in [-0.39, 0.29) is 13.0 Å². The Bertz CT molecular complexity index is 1320. The number of hydrogen-bond acceptors (Lipinski definition) is 11. The van der Waals surface area contributed by atoms with Crippen molar-refractivity contribution >= 4 is 65.0 Å². The van der Waals surface area contributed by atoms with Crippen LogP contribution in [0.2, 0.25) is 0 Å². The van der Waals surface area contributed by atoms with Crippen LogP contribution in [0.1, 0.15) is 32.1 Å². The molecule has 49 heavy (non-hydrogen) atoms. The number of carbonyl (C=O) groups excluding carboxylic acids is 11. The van der Waals surface area contributed by atoms with Crippen molar-refractivity contribution in [3.8, 4) is 0 Å². The van der Waals surface area contributed by atoms with Crippen molar-refractivity contribution in [3.05, 3.63) is 0 Å². The minimum Gasteiger partial charge on any atom is -0.354 e. The third kappa shape index (κ3) is 16.0. The lowest BCUT2D eigenvalue weighted by Crippen LogP contribution is -2.59. The van der Waals surface area contributed by atoms with Gasteiger partial charge in [0.25, 0.3) is 0 Å². The predicted octanol–water partition coefficient (Wildman–Crippen LogP) is -8.02. The quantitative estimate of drug-likeness (QED) is 0.113. The fourth-order valence-electron chi connectivity index (χ4n) is 4.36. The first-order valence-electron chi connectivity index (χ1n) is 15.3. The van der Waals surface area contributed by atoms with E-state index in [1.165, 1.54) is 0 Å². The van der Waals surface area contributed by atoms with Crippen LogP contribution in [0.3, 0.4) is 0 Å². The topological polar surface area (TPSA) is 320 Å². The van der Waals surface area contributed by atoms with Crippen molar-refractivity contribution in [1.29, 1.82) is 0 Å². The maximum Gasteiger partial charge on any atom is 0.246 e. The lowest BCUT2D eigenvalue weighted by molar-refractivity contribution is -0.134. The molecule has 270 valence electrons. The molecule has 0 atom stereocenters. The fourth-order valence-corrected chi connectivity index (χ4v) is 4.36. The van der Waals surface area contributed by atoms with Crippen LogP contribution in [0.15, 0.2) is 0 Å². The molecule has 0 aromatic rings. The zero-order valence-electron chi connectivity index (χ0n) is 26.6. The Morgan fingerprint density at radius 1 is 0.327 bits per heavy atom. The van der Waals surface area contributed by atoms with Crippen LogP contribution in [0, 0.1) is 0 Å². The van der Waals surface area contributed by atoms with Gasteiger partial charge in [-0.2, -0.15) is 0 Å².